The van der Waals surface area contributed by atoms with Crippen molar-refractivity contribution in [3.05, 3.63) is 30.1 Å². The number of carbonyl (C=O) groups is 1. The third-order valence-corrected chi connectivity index (χ3v) is 4.17. The van der Waals surface area contributed by atoms with Gasteiger partial charge in [0.15, 0.2) is 0 Å². The van der Waals surface area contributed by atoms with E-state index in [0.29, 0.717) is 6.54 Å². The minimum absolute atomic E-state index is 0.137. The Hall–Kier alpha value is -1.51. The number of nitrogens with zero attached hydrogens (tertiary/aromatic N) is 3. The lowest BCUT2D eigenvalue weighted by Gasteiger charge is -2.19. The van der Waals surface area contributed by atoms with E-state index < -0.39 is 10.0 Å². The molecule has 0 spiro atoms. The van der Waals surface area contributed by atoms with E-state index in [1.165, 1.54) is 0 Å². The van der Waals surface area contributed by atoms with Gasteiger partial charge in [-0.2, -0.15) is 4.31 Å². The first kappa shape index (κ1) is 18.5. The lowest BCUT2D eigenvalue weighted by molar-refractivity contribution is -0.121. The molecule has 0 unspecified atom stereocenters. The van der Waals surface area contributed by atoms with Crippen LogP contribution in [0.2, 0.25) is 0 Å². The smallest absolute Gasteiger partial charge is 0.235 e. The largest absolute Gasteiger partial charge is 0.355 e. The first-order valence-corrected chi connectivity index (χ1v) is 8.89. The summed E-state index contributed by atoms with van der Waals surface area (Å²) in [5.41, 5.74) is 0.744. The van der Waals surface area contributed by atoms with Gasteiger partial charge < -0.3 is 10.2 Å². The molecule has 1 heterocycles. The molecule has 8 heteroatoms. The predicted molar refractivity (Wildman–Crippen MR) is 85.7 cm³/mol. The normalized spacial score (nSPS) is 11.9. The zero-order valence-electron chi connectivity index (χ0n) is 13.3. The average Bonchev–Trinajstić information content (AvgIpc) is 2.43. The summed E-state index contributed by atoms with van der Waals surface area (Å²) in [5.74, 6) is -0.298. The summed E-state index contributed by atoms with van der Waals surface area (Å²) in [6, 6.07) is 3.51. The van der Waals surface area contributed by atoms with Crippen LogP contribution in [0.1, 0.15) is 12.0 Å². The third kappa shape index (κ3) is 7.48. The van der Waals surface area contributed by atoms with Gasteiger partial charge in [-0.3, -0.25) is 9.78 Å². The van der Waals surface area contributed by atoms with Gasteiger partial charge in [0.2, 0.25) is 15.9 Å². The second-order valence-corrected chi connectivity index (χ2v) is 7.38. The van der Waals surface area contributed by atoms with E-state index in [4.69, 9.17) is 0 Å². The Balaban J connectivity index is 2.53. The van der Waals surface area contributed by atoms with Crippen molar-refractivity contribution in [3.8, 4) is 0 Å². The Kier molecular flexibility index (Phi) is 7.43. The molecule has 0 aliphatic heterocycles. The molecule has 0 aromatic carbocycles. The van der Waals surface area contributed by atoms with Crippen molar-refractivity contribution >= 4 is 15.9 Å². The second kappa shape index (κ2) is 8.82. The quantitative estimate of drug-likeness (QED) is 0.641. The van der Waals surface area contributed by atoms with Crippen LogP contribution in [0.4, 0.5) is 0 Å². The number of pyridine rings is 1. The zero-order chi connectivity index (χ0) is 16.6. The summed E-state index contributed by atoms with van der Waals surface area (Å²) in [6.07, 6.45) is 5.13. The third-order valence-electron chi connectivity index (χ3n) is 2.97. The number of sulfonamides is 1. The number of amides is 1. The van der Waals surface area contributed by atoms with E-state index in [9.17, 15) is 13.2 Å². The monoisotopic (exact) mass is 328 g/mol. The molecule has 1 aromatic rings. The topological polar surface area (TPSA) is 82.6 Å². The summed E-state index contributed by atoms with van der Waals surface area (Å²) in [6.45, 7) is 1.35. The van der Waals surface area contributed by atoms with Gasteiger partial charge in [-0.05, 0) is 38.7 Å². The number of carbonyl (C=O) groups excluding carboxylic acids is 1. The molecule has 0 saturated carbocycles. The number of aromatic nitrogens is 1. The molecule has 124 valence electrons. The highest BCUT2D eigenvalue weighted by Gasteiger charge is 2.20. The first-order chi connectivity index (χ1) is 10.3. The van der Waals surface area contributed by atoms with Gasteiger partial charge in [-0.1, -0.05) is 6.07 Å². The molecule has 1 aromatic heterocycles. The van der Waals surface area contributed by atoms with Crippen LogP contribution in [0.25, 0.3) is 0 Å². The molecule has 0 saturated heterocycles. The van der Waals surface area contributed by atoms with Crippen molar-refractivity contribution < 1.29 is 13.2 Å². The molecule has 1 N–H and O–H groups in total. The molecule has 0 atom stereocenters. The van der Waals surface area contributed by atoms with Gasteiger partial charge in [-0.25, -0.2) is 8.42 Å². The van der Waals surface area contributed by atoms with Crippen LogP contribution < -0.4 is 5.32 Å². The number of hydrogen-bond donors (Lipinski definition) is 1. The van der Waals surface area contributed by atoms with Gasteiger partial charge in [0.05, 0.1) is 12.8 Å². The molecule has 1 rings (SSSR count). The zero-order valence-corrected chi connectivity index (χ0v) is 14.1. The first-order valence-electron chi connectivity index (χ1n) is 7.04. The van der Waals surface area contributed by atoms with Crippen LogP contribution in [0.15, 0.2) is 24.5 Å². The standard InChI is InChI=1S/C14H24N4O3S/c1-17(2)9-5-8-16-14(19)12-18(22(3,20)21)11-13-6-4-7-15-10-13/h4,6-7,10H,5,8-9,11-12H2,1-3H3,(H,16,19). The maximum atomic E-state index is 11.9. The fraction of sp³-hybridized carbons (Fsp3) is 0.571. The Morgan fingerprint density at radius 2 is 2.09 bits per heavy atom. The van der Waals surface area contributed by atoms with E-state index in [0.717, 1.165) is 29.1 Å². The Morgan fingerprint density at radius 1 is 1.36 bits per heavy atom. The fourth-order valence-corrected chi connectivity index (χ4v) is 2.56. The van der Waals surface area contributed by atoms with Crippen LogP contribution in [0.3, 0.4) is 0 Å². The van der Waals surface area contributed by atoms with E-state index in [1.54, 1.807) is 24.5 Å². The van der Waals surface area contributed by atoms with Gasteiger partial charge in [0.25, 0.3) is 0 Å². The van der Waals surface area contributed by atoms with Gasteiger partial charge >= 0.3 is 0 Å². The highest BCUT2D eigenvalue weighted by molar-refractivity contribution is 7.88. The SMILES string of the molecule is CN(C)CCCNC(=O)CN(Cc1cccnc1)S(C)(=O)=O. The maximum Gasteiger partial charge on any atom is 0.235 e. The molecular weight excluding hydrogens is 304 g/mol. The summed E-state index contributed by atoms with van der Waals surface area (Å²) in [7, 11) is 0.453. The summed E-state index contributed by atoms with van der Waals surface area (Å²) in [5, 5.41) is 2.74. The number of rotatable bonds is 9. The minimum Gasteiger partial charge on any atom is -0.355 e. The second-order valence-electron chi connectivity index (χ2n) is 5.40. The summed E-state index contributed by atoms with van der Waals surface area (Å²) < 4.78 is 24.8. The van der Waals surface area contributed by atoms with Crippen molar-refractivity contribution in [3.63, 3.8) is 0 Å². The van der Waals surface area contributed by atoms with E-state index in [1.807, 2.05) is 19.0 Å². The molecule has 7 nitrogen and oxygen atoms in total. The van der Waals surface area contributed by atoms with Gasteiger partial charge in [-0.15, -0.1) is 0 Å². The van der Waals surface area contributed by atoms with Gasteiger partial charge in [0, 0.05) is 25.5 Å². The van der Waals surface area contributed by atoms with Crippen molar-refractivity contribution in [2.45, 2.75) is 13.0 Å². The van der Waals surface area contributed by atoms with Crippen molar-refractivity contribution in [2.24, 2.45) is 0 Å². The Bertz CT molecular complexity index is 561. The van der Waals surface area contributed by atoms with Gasteiger partial charge in [0.1, 0.15) is 0 Å². The van der Waals surface area contributed by atoms with Crippen LogP contribution in [-0.4, -0.2) is 68.5 Å². The molecule has 0 bridgehead atoms. The lowest BCUT2D eigenvalue weighted by Crippen LogP contribution is -2.40. The van der Waals surface area contributed by atoms with E-state index in [-0.39, 0.29) is 19.0 Å². The fourth-order valence-electron chi connectivity index (χ4n) is 1.82. The number of hydrogen-bond acceptors (Lipinski definition) is 5. The highest BCUT2D eigenvalue weighted by Crippen LogP contribution is 2.06. The maximum absolute atomic E-state index is 11.9. The molecule has 0 aliphatic rings. The van der Waals surface area contributed by atoms with E-state index in [2.05, 4.69) is 10.3 Å². The van der Waals surface area contributed by atoms with Crippen LogP contribution in [0.5, 0.6) is 0 Å². The highest BCUT2D eigenvalue weighted by atomic mass is 32.2. The predicted octanol–water partition coefficient (Wildman–Crippen LogP) is -0.0889. The molecule has 0 fully saturated rings. The molecule has 22 heavy (non-hydrogen) atoms. The number of nitrogens with one attached hydrogen (secondary N) is 1. The Morgan fingerprint density at radius 3 is 2.64 bits per heavy atom. The minimum atomic E-state index is -3.47. The van der Waals surface area contributed by atoms with Crippen molar-refractivity contribution in [1.29, 1.82) is 0 Å². The average molecular weight is 328 g/mol. The van der Waals surface area contributed by atoms with Crippen molar-refractivity contribution in [1.82, 2.24) is 19.5 Å². The van der Waals surface area contributed by atoms with Crippen LogP contribution in [0, 0.1) is 0 Å². The molecule has 0 aliphatic carbocycles. The molecule has 0 radical (unpaired) electrons. The molecular formula is C14H24N4O3S. The van der Waals surface area contributed by atoms with Crippen LogP contribution in [-0.2, 0) is 21.4 Å². The van der Waals surface area contributed by atoms with Crippen molar-refractivity contribution in [2.75, 3.05) is 40.0 Å². The summed E-state index contributed by atoms with van der Waals surface area (Å²) in [4.78, 5) is 17.9. The lowest BCUT2D eigenvalue weighted by atomic mass is 10.3. The molecule has 1 amide bonds. The van der Waals surface area contributed by atoms with E-state index >= 15 is 0 Å². The summed E-state index contributed by atoms with van der Waals surface area (Å²) >= 11 is 0. The Labute approximate surface area is 132 Å². The van der Waals surface area contributed by atoms with Crippen LogP contribution >= 0.6 is 0 Å².